The molecule has 2 atom stereocenters. The first-order valence-electron chi connectivity index (χ1n) is 9.10. The maximum atomic E-state index is 12.8. The summed E-state index contributed by atoms with van der Waals surface area (Å²) in [5.74, 6) is 4.05. The number of carbonyl (C=O) groups excluding carboxylic acids is 3. The molecule has 0 aliphatic carbocycles. The van der Waals surface area contributed by atoms with Gasteiger partial charge in [0, 0.05) is 29.3 Å². The Labute approximate surface area is 174 Å². The second-order valence-electron chi connectivity index (χ2n) is 7.51. The normalized spacial score (nSPS) is 13.4. The van der Waals surface area contributed by atoms with E-state index in [1.807, 2.05) is 29.7 Å². The molecule has 1 aromatic carbocycles. The van der Waals surface area contributed by atoms with Crippen LogP contribution in [0.15, 0.2) is 30.5 Å². The van der Waals surface area contributed by atoms with Crippen molar-refractivity contribution in [2.45, 2.75) is 44.9 Å². The van der Waals surface area contributed by atoms with E-state index in [1.165, 1.54) is 0 Å². The van der Waals surface area contributed by atoms with E-state index < -0.39 is 35.6 Å². The Kier molecular flexibility index (Phi) is 7.52. The summed E-state index contributed by atoms with van der Waals surface area (Å²) >= 11 is 4.07. The molecule has 0 radical (unpaired) electrons. The number of rotatable bonds is 7. The number of aromatic nitrogens is 1. The van der Waals surface area contributed by atoms with Gasteiger partial charge in [0.25, 0.3) is 5.91 Å². The number of hydrazine groups is 1. The minimum Gasteiger partial charge on any atom is -0.444 e. The zero-order valence-electron chi connectivity index (χ0n) is 16.6. The van der Waals surface area contributed by atoms with Crippen molar-refractivity contribution in [3.63, 3.8) is 0 Å². The molecule has 1 heterocycles. The standard InChI is InChI=1S/C19H27N5O4S/c1-19(2,3)28-18(27)23-14(16(25)22-15(10-29)17(26)24-20)8-11-9-21-13-7-5-4-6-12(11)13/h4-7,9,14-15,21,29H,8,10,20H2,1-3H3,(H,22,25)(H,23,27)(H,24,26)/t14-,15+/m1/s1. The van der Waals surface area contributed by atoms with Gasteiger partial charge < -0.3 is 20.4 Å². The van der Waals surface area contributed by atoms with E-state index in [9.17, 15) is 14.4 Å². The number of H-pyrrole nitrogens is 1. The van der Waals surface area contributed by atoms with Crippen molar-refractivity contribution in [3.05, 3.63) is 36.0 Å². The summed E-state index contributed by atoms with van der Waals surface area (Å²) in [6.45, 7) is 5.18. The van der Waals surface area contributed by atoms with E-state index in [1.54, 1.807) is 27.0 Å². The molecular weight excluding hydrogens is 394 g/mol. The minimum absolute atomic E-state index is 0.0427. The number of hydrogen-bond acceptors (Lipinski definition) is 6. The van der Waals surface area contributed by atoms with E-state index in [0.29, 0.717) is 0 Å². The predicted molar refractivity (Wildman–Crippen MR) is 113 cm³/mol. The maximum absolute atomic E-state index is 12.8. The quantitative estimate of drug-likeness (QED) is 0.171. The van der Waals surface area contributed by atoms with Crippen molar-refractivity contribution in [1.29, 1.82) is 0 Å². The number of hydrogen-bond donors (Lipinski definition) is 6. The van der Waals surface area contributed by atoms with Crippen molar-refractivity contribution in [1.82, 2.24) is 21.0 Å². The average molecular weight is 422 g/mol. The van der Waals surface area contributed by atoms with Crippen LogP contribution in [0.5, 0.6) is 0 Å². The minimum atomic E-state index is -0.975. The molecule has 0 unspecified atom stereocenters. The van der Waals surface area contributed by atoms with Crippen LogP contribution in [0.25, 0.3) is 10.9 Å². The smallest absolute Gasteiger partial charge is 0.408 e. The largest absolute Gasteiger partial charge is 0.444 e. The summed E-state index contributed by atoms with van der Waals surface area (Å²) in [6, 6.07) is 5.70. The van der Waals surface area contributed by atoms with Crippen LogP contribution in [0, 0.1) is 0 Å². The van der Waals surface area contributed by atoms with Crippen LogP contribution in [0.4, 0.5) is 4.79 Å². The van der Waals surface area contributed by atoms with E-state index >= 15 is 0 Å². The predicted octanol–water partition coefficient (Wildman–Crippen LogP) is 1.01. The Morgan fingerprint density at radius 3 is 2.45 bits per heavy atom. The molecule has 1 aromatic heterocycles. The van der Waals surface area contributed by atoms with Crippen molar-refractivity contribution < 1.29 is 19.1 Å². The summed E-state index contributed by atoms with van der Waals surface area (Å²) in [6.07, 6.45) is 1.24. The lowest BCUT2D eigenvalue weighted by Gasteiger charge is -2.24. The number of fused-ring (bicyclic) bond motifs is 1. The number of nitrogens with two attached hydrogens (primary N) is 1. The molecule has 6 N–H and O–H groups in total. The highest BCUT2D eigenvalue weighted by Gasteiger charge is 2.28. The van der Waals surface area contributed by atoms with Gasteiger partial charge in [-0.05, 0) is 32.4 Å². The highest BCUT2D eigenvalue weighted by molar-refractivity contribution is 7.80. The molecule has 29 heavy (non-hydrogen) atoms. The van der Waals surface area contributed by atoms with Crippen molar-refractivity contribution in [2.24, 2.45) is 5.84 Å². The highest BCUT2D eigenvalue weighted by Crippen LogP contribution is 2.19. The number of alkyl carbamates (subject to hydrolysis) is 1. The lowest BCUT2D eigenvalue weighted by molar-refractivity contribution is -0.129. The Morgan fingerprint density at radius 2 is 1.83 bits per heavy atom. The Morgan fingerprint density at radius 1 is 1.14 bits per heavy atom. The van der Waals surface area contributed by atoms with E-state index in [0.717, 1.165) is 16.5 Å². The third kappa shape index (κ3) is 6.40. The van der Waals surface area contributed by atoms with Crippen LogP contribution in [-0.4, -0.2) is 46.3 Å². The number of thiol groups is 1. The molecule has 0 aliphatic heterocycles. The van der Waals surface area contributed by atoms with Gasteiger partial charge in [-0.1, -0.05) is 18.2 Å². The molecule has 0 aliphatic rings. The second-order valence-corrected chi connectivity index (χ2v) is 7.88. The Hall–Kier alpha value is -2.72. The molecule has 158 valence electrons. The Balaban J connectivity index is 2.23. The number of para-hydroxylation sites is 1. The zero-order valence-corrected chi connectivity index (χ0v) is 17.5. The Bertz CT molecular complexity index is 877. The molecule has 0 saturated heterocycles. The van der Waals surface area contributed by atoms with E-state index in [-0.39, 0.29) is 12.2 Å². The lowest BCUT2D eigenvalue weighted by atomic mass is 10.0. The number of carbonyl (C=O) groups is 3. The first-order valence-corrected chi connectivity index (χ1v) is 9.74. The van der Waals surface area contributed by atoms with Gasteiger partial charge in [-0.25, -0.2) is 10.6 Å². The molecule has 0 saturated carbocycles. The van der Waals surface area contributed by atoms with E-state index in [2.05, 4.69) is 28.2 Å². The fourth-order valence-corrected chi connectivity index (χ4v) is 3.00. The monoisotopic (exact) mass is 421 g/mol. The van der Waals surface area contributed by atoms with Crippen molar-refractivity contribution in [3.8, 4) is 0 Å². The summed E-state index contributed by atoms with van der Waals surface area (Å²) in [7, 11) is 0. The molecule has 10 heteroatoms. The summed E-state index contributed by atoms with van der Waals surface area (Å²) < 4.78 is 5.27. The fourth-order valence-electron chi connectivity index (χ4n) is 2.75. The first kappa shape index (κ1) is 22.6. The molecular formula is C19H27N5O4S. The zero-order chi connectivity index (χ0) is 21.6. The second kappa shape index (κ2) is 9.66. The van der Waals surface area contributed by atoms with Crippen molar-refractivity contribution in [2.75, 3.05) is 5.75 Å². The highest BCUT2D eigenvalue weighted by atomic mass is 32.1. The fraction of sp³-hybridized carbons (Fsp3) is 0.421. The number of aromatic amines is 1. The SMILES string of the molecule is CC(C)(C)OC(=O)N[C@H](Cc1c[nH]c2ccccc12)C(=O)N[C@@H](CS)C(=O)NN. The van der Waals surface area contributed by atoms with Gasteiger partial charge in [-0.2, -0.15) is 12.6 Å². The number of ether oxygens (including phenoxy) is 1. The topological polar surface area (TPSA) is 138 Å². The molecule has 0 bridgehead atoms. The summed E-state index contributed by atoms with van der Waals surface area (Å²) in [5, 5.41) is 6.08. The number of nitrogens with one attached hydrogen (secondary N) is 4. The van der Waals surface area contributed by atoms with Gasteiger partial charge in [-0.15, -0.1) is 0 Å². The van der Waals surface area contributed by atoms with Gasteiger partial charge in [0.1, 0.15) is 17.7 Å². The molecule has 0 fully saturated rings. The summed E-state index contributed by atoms with van der Waals surface area (Å²) in [5.41, 5.74) is 3.01. The van der Waals surface area contributed by atoms with Gasteiger partial charge in [0.15, 0.2) is 0 Å². The van der Waals surface area contributed by atoms with Crippen LogP contribution in [0.1, 0.15) is 26.3 Å². The number of benzene rings is 1. The van der Waals surface area contributed by atoms with Crippen LogP contribution in [0.3, 0.4) is 0 Å². The van der Waals surface area contributed by atoms with E-state index in [4.69, 9.17) is 10.6 Å². The van der Waals surface area contributed by atoms with Gasteiger partial charge in [-0.3, -0.25) is 15.0 Å². The molecule has 2 aromatic rings. The first-order chi connectivity index (χ1) is 13.6. The molecule has 3 amide bonds. The van der Waals surface area contributed by atoms with Crippen LogP contribution in [-0.2, 0) is 20.7 Å². The van der Waals surface area contributed by atoms with Gasteiger partial charge in [0.05, 0.1) is 0 Å². The van der Waals surface area contributed by atoms with Crippen LogP contribution < -0.4 is 21.9 Å². The van der Waals surface area contributed by atoms with Crippen LogP contribution >= 0.6 is 12.6 Å². The van der Waals surface area contributed by atoms with Gasteiger partial charge in [0.2, 0.25) is 5.91 Å². The summed E-state index contributed by atoms with van der Waals surface area (Å²) in [4.78, 5) is 40.0. The third-order valence-electron chi connectivity index (χ3n) is 4.06. The average Bonchev–Trinajstić information content (AvgIpc) is 3.06. The lowest BCUT2D eigenvalue weighted by Crippen LogP contribution is -2.56. The molecule has 2 rings (SSSR count). The van der Waals surface area contributed by atoms with Crippen molar-refractivity contribution >= 4 is 41.4 Å². The molecule has 9 nitrogen and oxygen atoms in total. The molecule has 0 spiro atoms. The third-order valence-corrected chi connectivity index (χ3v) is 4.43. The number of amides is 3. The van der Waals surface area contributed by atoms with Gasteiger partial charge >= 0.3 is 6.09 Å². The van der Waals surface area contributed by atoms with Crippen LogP contribution in [0.2, 0.25) is 0 Å². The maximum Gasteiger partial charge on any atom is 0.408 e.